The Morgan fingerprint density at radius 1 is 1.29 bits per heavy atom. The van der Waals surface area contributed by atoms with Crippen LogP contribution in [-0.4, -0.2) is 11.5 Å². The number of nitro groups is 1. The lowest BCUT2D eigenvalue weighted by molar-refractivity contribution is -0.400. The van der Waals surface area contributed by atoms with Crippen molar-refractivity contribution in [2.45, 2.75) is 13.5 Å². The first-order valence-corrected chi connectivity index (χ1v) is 8.32. The third-order valence-electron chi connectivity index (χ3n) is 2.99. The summed E-state index contributed by atoms with van der Waals surface area (Å²) in [5, 5.41) is 11.1. The van der Waals surface area contributed by atoms with E-state index < -0.39 is 4.92 Å². The molecule has 126 valence electrons. The van der Waals surface area contributed by atoms with Crippen molar-refractivity contribution in [3.63, 3.8) is 0 Å². The Bertz CT molecular complexity index is 764. The fourth-order valence-electron chi connectivity index (χ4n) is 2.02. The second-order valence-corrected chi connectivity index (χ2v) is 6.07. The number of hydrogen-bond acceptors (Lipinski definition) is 4. The van der Waals surface area contributed by atoms with Gasteiger partial charge in [-0.2, -0.15) is 0 Å². The van der Waals surface area contributed by atoms with E-state index in [1.54, 1.807) is 18.2 Å². The van der Waals surface area contributed by atoms with Crippen molar-refractivity contribution in [2.24, 2.45) is 0 Å². The molecule has 2 aromatic rings. The first-order valence-electron chi connectivity index (χ1n) is 7.15. The molecular formula is C17H15BrClNO4. The highest BCUT2D eigenvalue weighted by Crippen LogP contribution is 2.38. The molecule has 0 amide bonds. The highest BCUT2D eigenvalue weighted by molar-refractivity contribution is 9.10. The van der Waals surface area contributed by atoms with Gasteiger partial charge in [-0.15, -0.1) is 0 Å². The van der Waals surface area contributed by atoms with E-state index in [0.29, 0.717) is 39.8 Å². The maximum atomic E-state index is 10.5. The average molecular weight is 413 g/mol. The van der Waals surface area contributed by atoms with Gasteiger partial charge in [-0.1, -0.05) is 23.7 Å². The monoisotopic (exact) mass is 411 g/mol. The number of nitrogens with zero attached hydrogens (tertiary/aromatic N) is 1. The van der Waals surface area contributed by atoms with E-state index in [0.717, 1.165) is 11.8 Å². The number of hydrogen-bond donors (Lipinski definition) is 0. The van der Waals surface area contributed by atoms with Gasteiger partial charge in [0.1, 0.15) is 6.61 Å². The molecule has 0 heterocycles. The summed E-state index contributed by atoms with van der Waals surface area (Å²) < 4.78 is 12.1. The summed E-state index contributed by atoms with van der Waals surface area (Å²) in [7, 11) is 0. The minimum absolute atomic E-state index is 0.323. The predicted molar refractivity (Wildman–Crippen MR) is 97.1 cm³/mol. The molecule has 0 aliphatic heterocycles. The number of ether oxygens (including phenoxy) is 2. The molecule has 0 unspecified atom stereocenters. The molecule has 0 saturated heterocycles. The largest absolute Gasteiger partial charge is 0.490 e. The van der Waals surface area contributed by atoms with Crippen LogP contribution in [-0.2, 0) is 6.61 Å². The zero-order chi connectivity index (χ0) is 17.5. The Labute approximate surface area is 153 Å². The lowest BCUT2D eigenvalue weighted by Crippen LogP contribution is -2.01. The molecule has 0 aromatic heterocycles. The average Bonchev–Trinajstić information content (AvgIpc) is 2.52. The third kappa shape index (κ3) is 5.25. The first kappa shape index (κ1) is 18.3. The van der Waals surface area contributed by atoms with Crippen molar-refractivity contribution in [3.05, 3.63) is 73.3 Å². The summed E-state index contributed by atoms with van der Waals surface area (Å²) in [6.07, 6.45) is 2.28. The molecule has 0 atom stereocenters. The molecule has 24 heavy (non-hydrogen) atoms. The topological polar surface area (TPSA) is 61.6 Å². The van der Waals surface area contributed by atoms with E-state index in [4.69, 9.17) is 21.1 Å². The van der Waals surface area contributed by atoms with Crippen molar-refractivity contribution in [1.29, 1.82) is 0 Å². The fourth-order valence-corrected chi connectivity index (χ4v) is 2.80. The maximum absolute atomic E-state index is 10.5. The molecule has 2 rings (SSSR count). The molecule has 0 aliphatic rings. The van der Waals surface area contributed by atoms with E-state index >= 15 is 0 Å². The molecule has 7 heteroatoms. The number of halogens is 2. The van der Waals surface area contributed by atoms with Crippen molar-refractivity contribution >= 4 is 33.6 Å². The van der Waals surface area contributed by atoms with Crippen LogP contribution in [0, 0.1) is 10.1 Å². The zero-order valence-electron chi connectivity index (χ0n) is 12.9. The predicted octanol–water partition coefficient (Wildman–Crippen LogP) is 5.33. The molecule has 2 aromatic carbocycles. The Morgan fingerprint density at radius 3 is 2.75 bits per heavy atom. The Balaban J connectivity index is 2.25. The molecule has 0 radical (unpaired) electrons. The second-order valence-electron chi connectivity index (χ2n) is 4.78. The molecule has 5 nitrogen and oxygen atoms in total. The Kier molecular flexibility index (Phi) is 6.63. The van der Waals surface area contributed by atoms with Crippen LogP contribution in [0.5, 0.6) is 11.5 Å². The SMILES string of the molecule is CCOc1cc(/C=C/[N+](=O)[O-])cc(Br)c1OCc1cccc(Cl)c1. The van der Waals surface area contributed by atoms with Gasteiger partial charge in [0.15, 0.2) is 11.5 Å². The van der Waals surface area contributed by atoms with Gasteiger partial charge in [-0.25, -0.2) is 0 Å². The summed E-state index contributed by atoms with van der Waals surface area (Å²) in [4.78, 5) is 9.95. The lowest BCUT2D eigenvalue weighted by Gasteiger charge is -2.14. The van der Waals surface area contributed by atoms with Crippen molar-refractivity contribution in [2.75, 3.05) is 6.61 Å². The lowest BCUT2D eigenvalue weighted by atomic mass is 10.2. The summed E-state index contributed by atoms with van der Waals surface area (Å²) in [6.45, 7) is 2.62. The summed E-state index contributed by atoms with van der Waals surface area (Å²) >= 11 is 9.40. The molecule has 0 saturated carbocycles. The molecule has 0 aliphatic carbocycles. The number of benzene rings is 2. The van der Waals surface area contributed by atoms with Gasteiger partial charge in [0.25, 0.3) is 0 Å². The van der Waals surface area contributed by atoms with Gasteiger partial charge in [0, 0.05) is 11.1 Å². The van der Waals surface area contributed by atoms with Crippen LogP contribution >= 0.6 is 27.5 Å². The van der Waals surface area contributed by atoms with E-state index in [9.17, 15) is 10.1 Å². The van der Waals surface area contributed by atoms with Crippen LogP contribution < -0.4 is 9.47 Å². The molecule has 0 N–H and O–H groups in total. The summed E-state index contributed by atoms with van der Waals surface area (Å²) in [5.41, 5.74) is 1.56. The Hall–Kier alpha value is -2.05. The summed E-state index contributed by atoms with van der Waals surface area (Å²) in [5.74, 6) is 1.05. The maximum Gasteiger partial charge on any atom is 0.235 e. The van der Waals surface area contributed by atoms with Crippen LogP contribution in [0.3, 0.4) is 0 Å². The fraction of sp³-hybridized carbons (Fsp3) is 0.176. The van der Waals surface area contributed by atoms with Crippen LogP contribution in [0.15, 0.2) is 47.1 Å². The minimum atomic E-state index is -0.516. The van der Waals surface area contributed by atoms with Crippen molar-refractivity contribution < 1.29 is 14.4 Å². The van der Waals surface area contributed by atoms with Crippen molar-refractivity contribution in [1.82, 2.24) is 0 Å². The highest BCUT2D eigenvalue weighted by Gasteiger charge is 2.12. The highest BCUT2D eigenvalue weighted by atomic mass is 79.9. The van der Waals surface area contributed by atoms with Crippen LogP contribution in [0.2, 0.25) is 5.02 Å². The van der Waals surface area contributed by atoms with E-state index in [2.05, 4.69) is 15.9 Å². The van der Waals surface area contributed by atoms with E-state index in [1.165, 1.54) is 6.08 Å². The van der Waals surface area contributed by atoms with Crippen LogP contribution in [0.1, 0.15) is 18.1 Å². The van der Waals surface area contributed by atoms with Gasteiger partial charge in [0.05, 0.1) is 16.0 Å². The van der Waals surface area contributed by atoms with Gasteiger partial charge in [-0.05, 0) is 58.2 Å². The van der Waals surface area contributed by atoms with Gasteiger partial charge in [0.2, 0.25) is 6.20 Å². The zero-order valence-corrected chi connectivity index (χ0v) is 15.2. The Morgan fingerprint density at radius 2 is 2.08 bits per heavy atom. The first-order chi connectivity index (χ1) is 11.5. The van der Waals surface area contributed by atoms with Crippen LogP contribution in [0.25, 0.3) is 6.08 Å². The molecular weight excluding hydrogens is 398 g/mol. The minimum Gasteiger partial charge on any atom is -0.490 e. The van der Waals surface area contributed by atoms with E-state index in [1.807, 2.05) is 25.1 Å². The number of rotatable bonds is 7. The smallest absolute Gasteiger partial charge is 0.235 e. The molecule has 0 spiro atoms. The normalized spacial score (nSPS) is 10.8. The third-order valence-corrected chi connectivity index (χ3v) is 3.82. The molecule has 0 fully saturated rings. The quantitative estimate of drug-likeness (QED) is 0.455. The molecule has 0 bridgehead atoms. The van der Waals surface area contributed by atoms with Crippen molar-refractivity contribution in [3.8, 4) is 11.5 Å². The van der Waals surface area contributed by atoms with Crippen LogP contribution in [0.4, 0.5) is 0 Å². The van der Waals surface area contributed by atoms with Gasteiger partial charge in [-0.3, -0.25) is 10.1 Å². The second kappa shape index (κ2) is 8.70. The van der Waals surface area contributed by atoms with E-state index in [-0.39, 0.29) is 0 Å². The standard InChI is InChI=1S/C17H15BrClNO4/c1-2-23-16-10-12(6-7-20(21)22)9-15(18)17(16)24-11-13-4-3-5-14(19)8-13/h3-10H,2,11H2,1H3/b7-6+. The summed E-state index contributed by atoms with van der Waals surface area (Å²) in [6, 6.07) is 10.8. The van der Waals surface area contributed by atoms with Gasteiger partial charge < -0.3 is 9.47 Å². The van der Waals surface area contributed by atoms with Gasteiger partial charge >= 0.3 is 0 Å².